The number of nitrogens with zero attached hydrogens (tertiary/aromatic N) is 4. The average molecular weight is 612 g/mol. The summed E-state index contributed by atoms with van der Waals surface area (Å²) in [5.74, 6) is -0.989. The highest BCUT2D eigenvalue weighted by Gasteiger charge is 2.33. The molecule has 1 aromatic carbocycles. The summed E-state index contributed by atoms with van der Waals surface area (Å²) < 4.78 is 1.67. The van der Waals surface area contributed by atoms with Gasteiger partial charge in [0, 0.05) is 80.7 Å². The molecule has 2 amide bonds. The van der Waals surface area contributed by atoms with Crippen molar-refractivity contribution < 1.29 is 19.2 Å². The fourth-order valence-corrected chi connectivity index (χ4v) is 6.64. The van der Waals surface area contributed by atoms with Gasteiger partial charge in [0.05, 0.1) is 0 Å². The molecule has 4 rings (SSSR count). The molecule has 2 heterocycles. The molecule has 9 nitrogen and oxygen atoms in total. The largest absolute Gasteiger partial charge is 0.340 e. The minimum absolute atomic E-state index is 0.00671. The van der Waals surface area contributed by atoms with Crippen molar-refractivity contribution >= 4 is 40.7 Å². The number of rotatable bonds is 13. The predicted molar refractivity (Wildman–Crippen MR) is 168 cm³/mol. The van der Waals surface area contributed by atoms with E-state index in [4.69, 9.17) is 11.6 Å². The number of piperazine rings is 1. The molecular formula is C33H46ClN5O4. The van der Waals surface area contributed by atoms with Gasteiger partial charge >= 0.3 is 0 Å². The minimum atomic E-state index is -0.480. The molecule has 2 atom stereocenters. The highest BCUT2D eigenvalue weighted by Crippen LogP contribution is 2.34. The summed E-state index contributed by atoms with van der Waals surface area (Å²) in [6.07, 6.45) is 7.81. The number of halogens is 1. The Balaban J connectivity index is 1.47. The first-order chi connectivity index (χ1) is 20.7. The molecule has 10 heteroatoms. The highest BCUT2D eigenvalue weighted by atomic mass is 35.5. The van der Waals surface area contributed by atoms with E-state index in [1.165, 1.54) is 0 Å². The van der Waals surface area contributed by atoms with Crippen molar-refractivity contribution in [2.24, 2.45) is 17.8 Å². The summed E-state index contributed by atoms with van der Waals surface area (Å²) in [6, 6.07) is 7.05. The Morgan fingerprint density at radius 3 is 2.37 bits per heavy atom. The van der Waals surface area contributed by atoms with Crippen molar-refractivity contribution in [3.8, 4) is 0 Å². The van der Waals surface area contributed by atoms with Crippen LogP contribution in [0.2, 0.25) is 5.02 Å². The third kappa shape index (κ3) is 8.76. The van der Waals surface area contributed by atoms with Gasteiger partial charge in [-0.2, -0.15) is 5.10 Å². The highest BCUT2D eigenvalue weighted by molar-refractivity contribution is 6.31. The van der Waals surface area contributed by atoms with E-state index in [1.54, 1.807) is 29.1 Å². The van der Waals surface area contributed by atoms with Crippen LogP contribution < -0.4 is 5.32 Å². The van der Waals surface area contributed by atoms with E-state index in [0.29, 0.717) is 48.9 Å². The number of carbonyl (C=O) groups is 4. The summed E-state index contributed by atoms with van der Waals surface area (Å²) in [7, 11) is 2.04. The third-order valence-electron chi connectivity index (χ3n) is 9.08. The topological polar surface area (TPSA) is 105 Å². The first-order valence-electron chi connectivity index (χ1n) is 15.8. The van der Waals surface area contributed by atoms with E-state index in [-0.39, 0.29) is 42.1 Å². The molecule has 1 aromatic heterocycles. The van der Waals surface area contributed by atoms with Crippen molar-refractivity contribution in [3.05, 3.63) is 46.7 Å². The standard InChI is InChI=1S/C33H46ClN5O4/c1-4-27(40)20-25(33(43)38-17-15-37(3)16-18-38)19-24-11-12-26(21-29(24)34)36-32(42)28(23-9-7-6-8-10-23)22-31(41)30-13-14-35-39(30)5-2/h11-14,21,23,25,28H,4-10,15-20,22H2,1-3H3,(H,36,42)/t25-,28-/m0/s1. The predicted octanol–water partition coefficient (Wildman–Crippen LogP) is 5.27. The molecule has 2 aliphatic rings. The number of likely N-dealkylation sites (N-methyl/N-ethyl adjacent to an activating group) is 1. The Kier molecular flexibility index (Phi) is 11.9. The number of anilines is 1. The Labute approximate surface area is 260 Å². The van der Waals surface area contributed by atoms with Gasteiger partial charge in [-0.25, -0.2) is 0 Å². The quantitative estimate of drug-likeness (QED) is 0.310. The number of hydrogen-bond donors (Lipinski definition) is 1. The van der Waals surface area contributed by atoms with Gasteiger partial charge in [0.1, 0.15) is 11.5 Å². The summed E-state index contributed by atoms with van der Waals surface area (Å²) in [4.78, 5) is 56.8. The van der Waals surface area contributed by atoms with Crippen LogP contribution in [0.5, 0.6) is 0 Å². The summed E-state index contributed by atoms with van der Waals surface area (Å²) in [6.45, 7) is 7.27. The van der Waals surface area contributed by atoms with Crippen molar-refractivity contribution in [2.75, 3.05) is 38.5 Å². The first kappa shape index (κ1) is 32.9. The Morgan fingerprint density at radius 1 is 1.00 bits per heavy atom. The molecule has 2 fully saturated rings. The molecule has 43 heavy (non-hydrogen) atoms. The fraction of sp³-hybridized carbons (Fsp3) is 0.606. The third-order valence-corrected chi connectivity index (χ3v) is 9.43. The zero-order valence-corrected chi connectivity index (χ0v) is 26.6. The van der Waals surface area contributed by atoms with Crippen LogP contribution in [0.1, 0.15) is 81.3 Å². The van der Waals surface area contributed by atoms with Crippen molar-refractivity contribution in [1.82, 2.24) is 19.6 Å². The van der Waals surface area contributed by atoms with E-state index in [1.807, 2.05) is 31.9 Å². The van der Waals surface area contributed by atoms with E-state index in [9.17, 15) is 19.2 Å². The summed E-state index contributed by atoms with van der Waals surface area (Å²) in [5.41, 5.74) is 1.85. The van der Waals surface area contributed by atoms with Crippen LogP contribution in [0.3, 0.4) is 0 Å². The van der Waals surface area contributed by atoms with Gasteiger partial charge in [0.2, 0.25) is 11.8 Å². The van der Waals surface area contributed by atoms with Crippen molar-refractivity contribution in [1.29, 1.82) is 0 Å². The van der Waals surface area contributed by atoms with Crippen LogP contribution in [-0.4, -0.2) is 76.2 Å². The number of amides is 2. The number of aryl methyl sites for hydroxylation is 1. The Bertz CT molecular complexity index is 1280. The van der Waals surface area contributed by atoms with E-state index in [0.717, 1.165) is 50.8 Å². The Morgan fingerprint density at radius 2 is 1.72 bits per heavy atom. The van der Waals surface area contributed by atoms with Crippen LogP contribution in [0.15, 0.2) is 30.5 Å². The molecular weight excluding hydrogens is 566 g/mol. The van der Waals surface area contributed by atoms with Gasteiger partial charge in [-0.15, -0.1) is 0 Å². The molecule has 1 N–H and O–H groups in total. The lowest BCUT2D eigenvalue weighted by molar-refractivity contribution is -0.139. The lowest BCUT2D eigenvalue weighted by atomic mass is 9.77. The van der Waals surface area contributed by atoms with E-state index >= 15 is 0 Å². The average Bonchev–Trinajstić information content (AvgIpc) is 3.50. The van der Waals surface area contributed by atoms with Crippen molar-refractivity contribution in [2.45, 2.75) is 78.2 Å². The zero-order chi connectivity index (χ0) is 30.9. The van der Waals surface area contributed by atoms with E-state index in [2.05, 4.69) is 15.3 Å². The van der Waals surface area contributed by atoms with Gasteiger partial charge in [-0.05, 0) is 62.9 Å². The molecule has 2 aromatic rings. The summed E-state index contributed by atoms with van der Waals surface area (Å²) in [5, 5.41) is 7.69. The van der Waals surface area contributed by atoms with E-state index < -0.39 is 11.8 Å². The van der Waals surface area contributed by atoms with Gasteiger partial charge < -0.3 is 15.1 Å². The lowest BCUT2D eigenvalue weighted by Crippen LogP contribution is -2.49. The molecule has 0 spiro atoms. The SMILES string of the molecule is CCC(=O)C[C@H](Cc1ccc(NC(=O)[C@@H](CC(=O)c2ccnn2CC)C2CCCCC2)cc1Cl)C(=O)N1CCN(C)CC1. The first-order valence-corrected chi connectivity index (χ1v) is 16.2. The van der Waals surface area contributed by atoms with Crippen molar-refractivity contribution in [3.63, 3.8) is 0 Å². The maximum absolute atomic E-state index is 13.7. The number of benzene rings is 1. The number of Topliss-reactive ketones (excluding diaryl/α,β-unsaturated/α-hetero) is 2. The maximum Gasteiger partial charge on any atom is 0.228 e. The van der Waals surface area contributed by atoms with Crippen LogP contribution in [-0.2, 0) is 27.3 Å². The number of hydrogen-bond acceptors (Lipinski definition) is 6. The number of nitrogens with one attached hydrogen (secondary N) is 1. The van der Waals surface area contributed by atoms with Gasteiger partial charge in [-0.3, -0.25) is 23.9 Å². The van der Waals surface area contributed by atoms with Crippen LogP contribution in [0.25, 0.3) is 0 Å². The monoisotopic (exact) mass is 611 g/mol. The fourth-order valence-electron chi connectivity index (χ4n) is 6.38. The maximum atomic E-state index is 13.7. The van der Waals surface area contributed by atoms with Gasteiger partial charge in [0.25, 0.3) is 0 Å². The molecule has 1 aliphatic heterocycles. The van der Waals surface area contributed by atoms with Gasteiger partial charge in [-0.1, -0.05) is 43.9 Å². The molecule has 0 radical (unpaired) electrons. The second-order valence-corrected chi connectivity index (χ2v) is 12.5. The molecule has 234 valence electrons. The molecule has 1 saturated heterocycles. The smallest absolute Gasteiger partial charge is 0.228 e. The second kappa shape index (κ2) is 15.6. The van der Waals surface area contributed by atoms with Crippen LogP contribution >= 0.6 is 11.6 Å². The number of ketones is 2. The van der Waals surface area contributed by atoms with Crippen LogP contribution in [0, 0.1) is 17.8 Å². The molecule has 0 bridgehead atoms. The molecule has 0 unspecified atom stereocenters. The molecule has 1 saturated carbocycles. The summed E-state index contributed by atoms with van der Waals surface area (Å²) >= 11 is 6.72. The Hall–Kier alpha value is -3.04. The minimum Gasteiger partial charge on any atom is -0.340 e. The van der Waals surface area contributed by atoms with Crippen LogP contribution in [0.4, 0.5) is 5.69 Å². The normalized spacial score (nSPS) is 17.8. The molecule has 1 aliphatic carbocycles. The zero-order valence-electron chi connectivity index (χ0n) is 25.8. The number of aromatic nitrogens is 2. The number of carbonyl (C=O) groups excluding carboxylic acids is 4. The van der Waals surface area contributed by atoms with Gasteiger partial charge in [0.15, 0.2) is 5.78 Å². The lowest BCUT2D eigenvalue weighted by Gasteiger charge is -2.34. The second-order valence-electron chi connectivity index (χ2n) is 12.1.